The van der Waals surface area contributed by atoms with Crippen molar-refractivity contribution in [1.82, 2.24) is 5.32 Å². The van der Waals surface area contributed by atoms with Crippen molar-refractivity contribution in [2.24, 2.45) is 5.92 Å². The lowest BCUT2D eigenvalue weighted by Gasteiger charge is -2.12. The molecule has 0 aliphatic rings. The van der Waals surface area contributed by atoms with Crippen LogP contribution in [0.2, 0.25) is 0 Å². The second-order valence-corrected chi connectivity index (χ2v) is 3.72. The molecule has 0 saturated heterocycles. The van der Waals surface area contributed by atoms with Gasteiger partial charge in [-0.25, -0.2) is 0 Å². The van der Waals surface area contributed by atoms with Gasteiger partial charge < -0.3 is 5.32 Å². The SMILES string of the molecule is CSC(C)NC(=O)C(C)C. The van der Waals surface area contributed by atoms with E-state index in [0.717, 1.165) is 0 Å². The largest absolute Gasteiger partial charge is 0.344 e. The van der Waals surface area contributed by atoms with Crippen molar-refractivity contribution in [1.29, 1.82) is 0 Å². The van der Waals surface area contributed by atoms with E-state index in [0.29, 0.717) is 0 Å². The van der Waals surface area contributed by atoms with Gasteiger partial charge in [-0.2, -0.15) is 0 Å². The second-order valence-electron chi connectivity index (χ2n) is 2.54. The Kier molecular flexibility index (Phi) is 4.52. The molecular weight excluding hydrogens is 146 g/mol. The quantitative estimate of drug-likeness (QED) is 0.635. The number of hydrogen-bond acceptors (Lipinski definition) is 2. The Bertz CT molecular complexity index is 114. The fourth-order valence-corrected chi connectivity index (χ4v) is 0.660. The highest BCUT2D eigenvalue weighted by Crippen LogP contribution is 2.02. The summed E-state index contributed by atoms with van der Waals surface area (Å²) in [5.74, 6) is 0.219. The monoisotopic (exact) mass is 161 g/mol. The summed E-state index contributed by atoms with van der Waals surface area (Å²) in [7, 11) is 0. The smallest absolute Gasteiger partial charge is 0.223 e. The number of hydrogen-bond donors (Lipinski definition) is 1. The van der Waals surface area contributed by atoms with Gasteiger partial charge in [0.25, 0.3) is 0 Å². The summed E-state index contributed by atoms with van der Waals surface area (Å²) in [6.45, 7) is 5.76. The highest BCUT2D eigenvalue weighted by molar-refractivity contribution is 7.99. The van der Waals surface area contributed by atoms with E-state index in [4.69, 9.17) is 0 Å². The first-order valence-electron chi connectivity index (χ1n) is 3.41. The lowest BCUT2D eigenvalue weighted by molar-refractivity contribution is -0.124. The predicted molar refractivity (Wildman–Crippen MR) is 46.0 cm³/mol. The molecule has 0 radical (unpaired) electrons. The zero-order valence-corrected chi connectivity index (χ0v) is 7.79. The fraction of sp³-hybridized carbons (Fsp3) is 0.857. The average Bonchev–Trinajstić information content (AvgIpc) is 1.87. The minimum Gasteiger partial charge on any atom is -0.344 e. The predicted octanol–water partition coefficient (Wildman–Crippen LogP) is 1.47. The van der Waals surface area contributed by atoms with E-state index >= 15 is 0 Å². The first-order valence-corrected chi connectivity index (χ1v) is 4.70. The lowest BCUT2D eigenvalue weighted by Crippen LogP contribution is -2.33. The molecular formula is C7H15NOS. The molecule has 1 N–H and O–H groups in total. The highest BCUT2D eigenvalue weighted by Gasteiger charge is 2.08. The summed E-state index contributed by atoms with van der Waals surface area (Å²) in [5.41, 5.74) is 0. The summed E-state index contributed by atoms with van der Waals surface area (Å²) in [5, 5.41) is 3.08. The molecule has 0 heterocycles. The first kappa shape index (κ1) is 9.82. The molecule has 0 bridgehead atoms. The molecule has 0 aromatic carbocycles. The number of amides is 1. The van der Waals surface area contributed by atoms with Crippen LogP contribution in [0.4, 0.5) is 0 Å². The van der Waals surface area contributed by atoms with Crippen molar-refractivity contribution < 1.29 is 4.79 Å². The molecule has 0 aromatic rings. The molecule has 60 valence electrons. The van der Waals surface area contributed by atoms with Gasteiger partial charge in [-0.1, -0.05) is 13.8 Å². The fourth-order valence-electron chi connectivity index (χ4n) is 0.426. The van der Waals surface area contributed by atoms with Crippen LogP contribution in [0.5, 0.6) is 0 Å². The van der Waals surface area contributed by atoms with E-state index < -0.39 is 0 Å². The minimum atomic E-state index is 0.0922. The molecule has 0 aliphatic heterocycles. The van der Waals surface area contributed by atoms with Gasteiger partial charge in [-0.3, -0.25) is 4.79 Å². The van der Waals surface area contributed by atoms with Gasteiger partial charge in [0.2, 0.25) is 5.91 Å². The van der Waals surface area contributed by atoms with E-state index in [1.54, 1.807) is 11.8 Å². The molecule has 3 heteroatoms. The summed E-state index contributed by atoms with van der Waals surface area (Å²) in [6.07, 6.45) is 1.98. The normalized spacial score (nSPS) is 13.3. The standard InChI is InChI=1S/C7H15NOS/c1-5(2)7(9)8-6(3)10-4/h5-6H,1-4H3,(H,8,9). The summed E-state index contributed by atoms with van der Waals surface area (Å²) in [4.78, 5) is 11.0. The average molecular weight is 161 g/mol. The molecule has 0 aromatic heterocycles. The Labute approximate surface area is 66.8 Å². The maximum Gasteiger partial charge on any atom is 0.223 e. The Balaban J connectivity index is 3.57. The minimum absolute atomic E-state index is 0.0922. The van der Waals surface area contributed by atoms with Gasteiger partial charge in [0.15, 0.2) is 0 Å². The third kappa shape index (κ3) is 3.77. The van der Waals surface area contributed by atoms with Crippen LogP contribution in [-0.4, -0.2) is 17.5 Å². The molecule has 10 heavy (non-hydrogen) atoms. The van der Waals surface area contributed by atoms with Crippen LogP contribution in [0.15, 0.2) is 0 Å². The van der Waals surface area contributed by atoms with E-state index in [1.165, 1.54) is 0 Å². The summed E-state index contributed by atoms with van der Waals surface area (Å²) in [6, 6.07) is 0. The van der Waals surface area contributed by atoms with E-state index in [1.807, 2.05) is 27.0 Å². The molecule has 0 spiro atoms. The Morgan fingerprint density at radius 3 is 2.20 bits per heavy atom. The van der Waals surface area contributed by atoms with Crippen molar-refractivity contribution >= 4 is 17.7 Å². The lowest BCUT2D eigenvalue weighted by atomic mass is 10.2. The van der Waals surface area contributed by atoms with Crippen molar-refractivity contribution in [3.8, 4) is 0 Å². The van der Waals surface area contributed by atoms with Crippen LogP contribution in [-0.2, 0) is 4.79 Å². The van der Waals surface area contributed by atoms with Crippen LogP contribution in [0.3, 0.4) is 0 Å². The van der Waals surface area contributed by atoms with Crippen LogP contribution in [0.25, 0.3) is 0 Å². The van der Waals surface area contributed by atoms with Crippen LogP contribution in [0.1, 0.15) is 20.8 Å². The van der Waals surface area contributed by atoms with Gasteiger partial charge in [0.05, 0.1) is 5.37 Å². The van der Waals surface area contributed by atoms with Crippen molar-refractivity contribution in [3.05, 3.63) is 0 Å². The number of thioether (sulfide) groups is 1. The molecule has 1 amide bonds. The molecule has 0 saturated carbocycles. The van der Waals surface area contributed by atoms with Crippen LogP contribution >= 0.6 is 11.8 Å². The van der Waals surface area contributed by atoms with Gasteiger partial charge in [0.1, 0.15) is 0 Å². The van der Waals surface area contributed by atoms with Crippen molar-refractivity contribution in [2.75, 3.05) is 6.26 Å². The van der Waals surface area contributed by atoms with E-state index in [-0.39, 0.29) is 17.2 Å². The maximum absolute atomic E-state index is 11.0. The Hall–Kier alpha value is -0.180. The molecule has 0 rings (SSSR count). The highest BCUT2D eigenvalue weighted by atomic mass is 32.2. The third-order valence-corrected chi connectivity index (χ3v) is 2.05. The van der Waals surface area contributed by atoms with Crippen LogP contribution in [0, 0.1) is 5.92 Å². The van der Waals surface area contributed by atoms with E-state index in [9.17, 15) is 4.79 Å². The number of carbonyl (C=O) groups is 1. The van der Waals surface area contributed by atoms with Gasteiger partial charge in [-0.15, -0.1) is 11.8 Å². The van der Waals surface area contributed by atoms with Gasteiger partial charge in [0, 0.05) is 5.92 Å². The van der Waals surface area contributed by atoms with Gasteiger partial charge in [-0.05, 0) is 13.2 Å². The van der Waals surface area contributed by atoms with Gasteiger partial charge >= 0.3 is 0 Å². The molecule has 0 aliphatic carbocycles. The summed E-state index contributed by atoms with van der Waals surface area (Å²) >= 11 is 1.64. The topological polar surface area (TPSA) is 29.1 Å². The van der Waals surface area contributed by atoms with Crippen LogP contribution < -0.4 is 5.32 Å². The molecule has 0 fully saturated rings. The zero-order valence-electron chi connectivity index (χ0n) is 6.97. The second kappa shape index (κ2) is 4.61. The van der Waals surface area contributed by atoms with E-state index in [2.05, 4.69) is 5.32 Å². The zero-order chi connectivity index (χ0) is 8.15. The molecule has 2 nitrogen and oxygen atoms in total. The Morgan fingerprint density at radius 1 is 1.40 bits per heavy atom. The maximum atomic E-state index is 11.0. The van der Waals surface area contributed by atoms with Crippen molar-refractivity contribution in [3.63, 3.8) is 0 Å². The van der Waals surface area contributed by atoms with Crippen molar-refractivity contribution in [2.45, 2.75) is 26.1 Å². The Morgan fingerprint density at radius 2 is 1.90 bits per heavy atom. The molecule has 1 unspecified atom stereocenters. The molecule has 1 atom stereocenters. The first-order chi connectivity index (χ1) is 4.57. The number of carbonyl (C=O) groups excluding carboxylic acids is 1. The number of nitrogens with one attached hydrogen (secondary N) is 1. The number of rotatable bonds is 3. The summed E-state index contributed by atoms with van der Waals surface area (Å²) < 4.78 is 0. The third-order valence-electron chi connectivity index (χ3n) is 1.22.